The number of phenolic OH excluding ortho intramolecular Hbond substituents is 1. The first-order chi connectivity index (χ1) is 5.27. The van der Waals surface area contributed by atoms with Crippen LogP contribution in [0.2, 0.25) is 0 Å². The van der Waals surface area contributed by atoms with E-state index in [0.717, 1.165) is 6.42 Å². The number of fused-ring (bicyclic) bond motifs is 1. The van der Waals surface area contributed by atoms with Crippen LogP contribution in [-0.2, 0) is 12.8 Å². The van der Waals surface area contributed by atoms with Crippen LogP contribution >= 0.6 is 0 Å². The van der Waals surface area contributed by atoms with Gasteiger partial charge < -0.3 is 5.11 Å². The van der Waals surface area contributed by atoms with E-state index in [2.05, 4.69) is 6.92 Å². The maximum absolute atomic E-state index is 9.28. The van der Waals surface area contributed by atoms with Gasteiger partial charge in [-0.05, 0) is 55.0 Å². The molecule has 0 atom stereocenters. The molecule has 58 valence electrons. The van der Waals surface area contributed by atoms with Crippen LogP contribution in [0.5, 0.6) is 5.75 Å². The van der Waals surface area contributed by atoms with Crippen LogP contribution in [-0.4, -0.2) is 5.11 Å². The maximum Gasteiger partial charge on any atom is 0.116 e. The second-order valence-corrected chi connectivity index (χ2v) is 3.25. The van der Waals surface area contributed by atoms with E-state index >= 15 is 0 Å². The maximum atomic E-state index is 9.28. The van der Waals surface area contributed by atoms with Gasteiger partial charge in [0.05, 0.1) is 0 Å². The molecular weight excluding hydrogens is 136 g/mol. The van der Waals surface area contributed by atoms with Gasteiger partial charge in [0.15, 0.2) is 0 Å². The van der Waals surface area contributed by atoms with Gasteiger partial charge in [0, 0.05) is 0 Å². The standard InChI is InChI=1S/C10H12O/c1-7-5-9(11)6-8-3-2-4-10(7)8/h5-6,11H,2-4H2,1H3. The van der Waals surface area contributed by atoms with Gasteiger partial charge in [-0.2, -0.15) is 0 Å². The van der Waals surface area contributed by atoms with Crippen molar-refractivity contribution in [2.75, 3.05) is 0 Å². The Hall–Kier alpha value is -0.980. The lowest BCUT2D eigenvalue weighted by atomic mass is 10.0. The lowest BCUT2D eigenvalue weighted by molar-refractivity contribution is 0.474. The quantitative estimate of drug-likeness (QED) is 0.598. The molecule has 1 aromatic carbocycles. The molecule has 1 nitrogen and oxygen atoms in total. The minimum absolute atomic E-state index is 0.420. The summed E-state index contributed by atoms with van der Waals surface area (Å²) in [5.74, 6) is 0.420. The van der Waals surface area contributed by atoms with Crippen molar-refractivity contribution < 1.29 is 5.11 Å². The Morgan fingerprint density at radius 3 is 2.91 bits per heavy atom. The van der Waals surface area contributed by atoms with Gasteiger partial charge in [0.1, 0.15) is 5.75 Å². The lowest BCUT2D eigenvalue weighted by Crippen LogP contribution is -1.86. The van der Waals surface area contributed by atoms with Gasteiger partial charge in [0.2, 0.25) is 0 Å². The van der Waals surface area contributed by atoms with Crippen molar-refractivity contribution in [3.05, 3.63) is 28.8 Å². The molecule has 1 N–H and O–H groups in total. The zero-order chi connectivity index (χ0) is 7.84. The smallest absolute Gasteiger partial charge is 0.116 e. The minimum atomic E-state index is 0.420. The summed E-state index contributed by atoms with van der Waals surface area (Å²) >= 11 is 0. The average molecular weight is 148 g/mol. The topological polar surface area (TPSA) is 20.2 Å². The summed E-state index contributed by atoms with van der Waals surface area (Å²) in [5, 5.41) is 9.28. The molecule has 2 rings (SSSR count). The Kier molecular flexibility index (Phi) is 1.38. The number of aryl methyl sites for hydroxylation is 2. The molecule has 0 fully saturated rings. The molecule has 0 spiro atoms. The number of hydrogen-bond donors (Lipinski definition) is 1. The summed E-state index contributed by atoms with van der Waals surface area (Å²) in [6, 6.07) is 3.75. The van der Waals surface area contributed by atoms with Crippen LogP contribution in [0.15, 0.2) is 12.1 Å². The van der Waals surface area contributed by atoms with Gasteiger partial charge >= 0.3 is 0 Å². The zero-order valence-electron chi connectivity index (χ0n) is 6.72. The molecule has 11 heavy (non-hydrogen) atoms. The van der Waals surface area contributed by atoms with Gasteiger partial charge in [-0.3, -0.25) is 0 Å². The molecule has 0 saturated carbocycles. The molecule has 1 heteroatoms. The number of rotatable bonds is 0. The number of aromatic hydroxyl groups is 1. The molecular formula is C10H12O. The SMILES string of the molecule is Cc1cc(O)cc2c1CCC2. The highest BCUT2D eigenvalue weighted by Gasteiger charge is 2.13. The third kappa shape index (κ3) is 1.01. The Bertz CT molecular complexity index is 289. The largest absolute Gasteiger partial charge is 0.508 e. The third-order valence-electron chi connectivity index (χ3n) is 2.42. The van der Waals surface area contributed by atoms with Gasteiger partial charge in [0.25, 0.3) is 0 Å². The van der Waals surface area contributed by atoms with E-state index in [9.17, 15) is 5.11 Å². The molecule has 0 aliphatic heterocycles. The van der Waals surface area contributed by atoms with Crippen molar-refractivity contribution in [3.63, 3.8) is 0 Å². The normalized spacial score (nSPS) is 15.0. The zero-order valence-corrected chi connectivity index (χ0v) is 6.72. The van der Waals surface area contributed by atoms with Crippen LogP contribution in [0.25, 0.3) is 0 Å². The highest BCUT2D eigenvalue weighted by molar-refractivity contribution is 5.43. The average Bonchev–Trinajstić information content (AvgIpc) is 2.34. The van der Waals surface area contributed by atoms with E-state index in [0.29, 0.717) is 5.75 Å². The number of hydrogen-bond acceptors (Lipinski definition) is 1. The van der Waals surface area contributed by atoms with E-state index in [4.69, 9.17) is 0 Å². The van der Waals surface area contributed by atoms with Gasteiger partial charge in [-0.15, -0.1) is 0 Å². The van der Waals surface area contributed by atoms with E-state index in [1.807, 2.05) is 12.1 Å². The van der Waals surface area contributed by atoms with Crippen LogP contribution in [0.3, 0.4) is 0 Å². The van der Waals surface area contributed by atoms with E-state index in [1.165, 1.54) is 29.5 Å². The molecule has 0 aromatic heterocycles. The third-order valence-corrected chi connectivity index (χ3v) is 2.42. The Morgan fingerprint density at radius 2 is 2.09 bits per heavy atom. The van der Waals surface area contributed by atoms with E-state index in [-0.39, 0.29) is 0 Å². The molecule has 0 heterocycles. The summed E-state index contributed by atoms with van der Waals surface area (Å²) in [7, 11) is 0. The monoisotopic (exact) mass is 148 g/mol. The summed E-state index contributed by atoms with van der Waals surface area (Å²) < 4.78 is 0. The van der Waals surface area contributed by atoms with Crippen molar-refractivity contribution in [2.45, 2.75) is 26.2 Å². The first-order valence-electron chi connectivity index (χ1n) is 4.09. The molecule has 1 aliphatic carbocycles. The van der Waals surface area contributed by atoms with Crippen LogP contribution < -0.4 is 0 Å². The number of benzene rings is 1. The molecule has 0 unspecified atom stereocenters. The van der Waals surface area contributed by atoms with Crippen LogP contribution in [0.1, 0.15) is 23.1 Å². The Labute approximate surface area is 66.7 Å². The molecule has 0 amide bonds. The molecule has 0 radical (unpaired) electrons. The number of phenols is 1. The van der Waals surface area contributed by atoms with Crippen molar-refractivity contribution in [2.24, 2.45) is 0 Å². The van der Waals surface area contributed by atoms with Crippen LogP contribution in [0.4, 0.5) is 0 Å². The summed E-state index contributed by atoms with van der Waals surface area (Å²) in [4.78, 5) is 0. The van der Waals surface area contributed by atoms with Crippen molar-refractivity contribution in [3.8, 4) is 5.75 Å². The molecule has 1 aliphatic rings. The minimum Gasteiger partial charge on any atom is -0.508 e. The highest BCUT2D eigenvalue weighted by Crippen LogP contribution is 2.28. The van der Waals surface area contributed by atoms with Crippen molar-refractivity contribution >= 4 is 0 Å². The summed E-state index contributed by atoms with van der Waals surface area (Å²) in [6.07, 6.45) is 3.59. The first-order valence-corrected chi connectivity index (χ1v) is 4.09. The summed E-state index contributed by atoms with van der Waals surface area (Å²) in [6.45, 7) is 2.07. The molecule has 1 aromatic rings. The molecule has 0 bridgehead atoms. The van der Waals surface area contributed by atoms with Gasteiger partial charge in [-0.25, -0.2) is 0 Å². The van der Waals surface area contributed by atoms with Gasteiger partial charge in [-0.1, -0.05) is 0 Å². The lowest BCUT2D eigenvalue weighted by Gasteiger charge is -2.03. The Balaban J connectivity index is 2.60. The van der Waals surface area contributed by atoms with Crippen molar-refractivity contribution in [1.29, 1.82) is 0 Å². The predicted octanol–water partition coefficient (Wildman–Crippen LogP) is 2.19. The second-order valence-electron chi connectivity index (χ2n) is 3.25. The summed E-state index contributed by atoms with van der Waals surface area (Å²) in [5.41, 5.74) is 4.06. The van der Waals surface area contributed by atoms with Crippen molar-refractivity contribution in [1.82, 2.24) is 0 Å². The second kappa shape index (κ2) is 2.26. The fourth-order valence-corrected chi connectivity index (χ4v) is 1.91. The highest BCUT2D eigenvalue weighted by atomic mass is 16.3. The molecule has 0 saturated heterocycles. The van der Waals surface area contributed by atoms with Crippen LogP contribution in [0, 0.1) is 6.92 Å². The fraction of sp³-hybridized carbons (Fsp3) is 0.400. The Morgan fingerprint density at radius 1 is 1.27 bits per heavy atom. The fourth-order valence-electron chi connectivity index (χ4n) is 1.91. The predicted molar refractivity (Wildman–Crippen MR) is 44.9 cm³/mol. The van der Waals surface area contributed by atoms with E-state index < -0.39 is 0 Å². The first kappa shape index (κ1) is 6.71. The van der Waals surface area contributed by atoms with E-state index in [1.54, 1.807) is 0 Å².